The van der Waals surface area contributed by atoms with Crippen LogP contribution in [0.15, 0.2) is 16.4 Å². The molecule has 0 radical (unpaired) electrons. The van der Waals surface area contributed by atoms with Crippen molar-refractivity contribution in [3.63, 3.8) is 0 Å². The monoisotopic (exact) mass is 456 g/mol. The number of nitrogen functional groups attached to an aromatic ring is 1. The largest absolute Gasteiger partial charge is 0.477 e. The number of nitrogens with zero attached hydrogens (tertiary/aromatic N) is 4. The highest BCUT2D eigenvalue weighted by Gasteiger charge is 2.54. The van der Waals surface area contributed by atoms with Crippen LogP contribution < -0.4 is 11.1 Å². The Labute approximate surface area is 177 Å². The van der Waals surface area contributed by atoms with E-state index in [0.717, 1.165) is 16.4 Å². The van der Waals surface area contributed by atoms with Crippen LogP contribution in [0.2, 0.25) is 0 Å². The highest BCUT2D eigenvalue weighted by molar-refractivity contribution is 8.00. The van der Waals surface area contributed by atoms with E-state index in [1.54, 1.807) is 0 Å². The quantitative estimate of drug-likeness (QED) is 0.193. The Bertz CT molecular complexity index is 974. The Morgan fingerprint density at radius 3 is 2.73 bits per heavy atom. The van der Waals surface area contributed by atoms with Crippen LogP contribution >= 0.6 is 23.3 Å². The van der Waals surface area contributed by atoms with Gasteiger partial charge in [0.05, 0.1) is 0 Å². The maximum absolute atomic E-state index is 12.6. The molecule has 0 bridgehead atoms. The second-order valence-electron chi connectivity index (χ2n) is 5.98. The zero-order valence-corrected chi connectivity index (χ0v) is 17.3. The molecular formula is C15H16N6O7S2. The molecule has 13 nitrogen and oxygen atoms in total. The molecule has 1 aromatic rings. The van der Waals surface area contributed by atoms with Gasteiger partial charge in [0, 0.05) is 29.8 Å². The molecule has 1 fully saturated rings. The lowest BCUT2D eigenvalue weighted by Crippen LogP contribution is -2.71. The molecule has 2 atom stereocenters. The number of oxime groups is 1. The average molecular weight is 456 g/mol. The topological polar surface area (TPSA) is 186 Å². The Morgan fingerprint density at radius 1 is 1.43 bits per heavy atom. The molecule has 15 heteroatoms. The number of amides is 2. The first-order valence-electron chi connectivity index (χ1n) is 8.29. The van der Waals surface area contributed by atoms with Crippen molar-refractivity contribution in [2.45, 2.75) is 18.3 Å². The van der Waals surface area contributed by atoms with Gasteiger partial charge < -0.3 is 25.7 Å². The fourth-order valence-corrected chi connectivity index (χ4v) is 4.56. The second-order valence-corrected chi connectivity index (χ2v) is 7.87. The molecule has 2 amide bonds. The van der Waals surface area contributed by atoms with E-state index in [1.165, 1.54) is 25.8 Å². The molecule has 1 saturated heterocycles. The van der Waals surface area contributed by atoms with E-state index < -0.39 is 35.2 Å². The maximum Gasteiger partial charge on any atom is 0.352 e. The van der Waals surface area contributed by atoms with Gasteiger partial charge in [0.25, 0.3) is 11.8 Å². The average Bonchev–Trinajstić information content (AvgIpc) is 3.13. The predicted octanol–water partition coefficient (Wildman–Crippen LogP) is -1.23. The number of fused-ring (bicyclic) bond motifs is 1. The van der Waals surface area contributed by atoms with Crippen LogP contribution in [-0.2, 0) is 28.8 Å². The summed E-state index contributed by atoms with van der Waals surface area (Å²) in [6.07, 6.45) is 0. The molecule has 0 aliphatic carbocycles. The molecule has 4 N–H and O–H groups in total. The summed E-state index contributed by atoms with van der Waals surface area (Å²) in [4.78, 5) is 57.6. The first kappa shape index (κ1) is 21.5. The van der Waals surface area contributed by atoms with Crippen molar-refractivity contribution in [1.29, 1.82) is 0 Å². The van der Waals surface area contributed by atoms with Crippen LogP contribution in [0.5, 0.6) is 0 Å². The zero-order chi connectivity index (χ0) is 22.0. The van der Waals surface area contributed by atoms with Gasteiger partial charge in [-0.15, -0.1) is 11.8 Å². The summed E-state index contributed by atoms with van der Waals surface area (Å²) in [5.41, 5.74) is 5.28. The summed E-state index contributed by atoms with van der Waals surface area (Å²) >= 11 is 2.09. The fraction of sp³-hybridized carbons (Fsp3) is 0.400. The number of ether oxygens (including phenoxy) is 1. The van der Waals surface area contributed by atoms with Gasteiger partial charge >= 0.3 is 11.9 Å². The molecule has 1 unspecified atom stereocenters. The molecule has 2 aliphatic heterocycles. The number of anilines is 1. The van der Waals surface area contributed by atoms with Gasteiger partial charge in [0.15, 0.2) is 5.13 Å². The number of carbonyl (C=O) groups is 4. The first-order valence-corrected chi connectivity index (χ1v) is 10.1. The smallest absolute Gasteiger partial charge is 0.352 e. The van der Waals surface area contributed by atoms with Crippen LogP contribution in [0.25, 0.3) is 0 Å². The molecule has 3 rings (SSSR count). The van der Waals surface area contributed by atoms with E-state index in [4.69, 9.17) is 10.5 Å². The summed E-state index contributed by atoms with van der Waals surface area (Å²) in [7, 11) is 1.23. The maximum atomic E-state index is 12.6. The number of β-lactam (4-membered cyclic amide) rings is 1. The molecular weight excluding hydrogens is 440 g/mol. The van der Waals surface area contributed by atoms with Crippen molar-refractivity contribution < 1.29 is 33.9 Å². The van der Waals surface area contributed by atoms with Crippen molar-refractivity contribution in [1.82, 2.24) is 19.6 Å². The van der Waals surface area contributed by atoms with Gasteiger partial charge in [0.2, 0.25) is 11.5 Å². The number of hydrogen-bond donors (Lipinski definition) is 3. The summed E-state index contributed by atoms with van der Waals surface area (Å²) in [6, 6.07) is -0.995. The summed E-state index contributed by atoms with van der Waals surface area (Å²) in [5, 5.41) is 15.1. The lowest BCUT2D eigenvalue weighted by molar-refractivity contribution is -0.150. The van der Waals surface area contributed by atoms with E-state index in [9.17, 15) is 24.3 Å². The van der Waals surface area contributed by atoms with Gasteiger partial charge in [-0.3, -0.25) is 19.3 Å². The number of rotatable bonds is 7. The summed E-state index contributed by atoms with van der Waals surface area (Å²) < 4.78 is 8.77. The SMILES string of the molecule is CO/N=C(\C(=O)NC1C(=O)N2C(C(=O)O)=C(COC(C)=O)CS[C@H]12)c1nsc(N)n1. The number of thioether (sulfide) groups is 1. The molecule has 30 heavy (non-hydrogen) atoms. The third-order valence-electron chi connectivity index (χ3n) is 4.04. The molecule has 1 aromatic heterocycles. The van der Waals surface area contributed by atoms with E-state index >= 15 is 0 Å². The fourth-order valence-electron chi connectivity index (χ4n) is 2.80. The van der Waals surface area contributed by atoms with Crippen molar-refractivity contribution in [3.05, 3.63) is 17.1 Å². The number of nitrogens with one attached hydrogen (secondary N) is 1. The molecule has 0 spiro atoms. The molecule has 160 valence electrons. The van der Waals surface area contributed by atoms with Crippen molar-refractivity contribution in [2.24, 2.45) is 5.16 Å². The number of carbonyl (C=O) groups excluding carboxylic acids is 3. The van der Waals surface area contributed by atoms with Gasteiger partial charge in [-0.1, -0.05) is 5.16 Å². The number of nitrogens with two attached hydrogens (primary N) is 1. The molecule has 0 aromatic carbocycles. The lowest BCUT2D eigenvalue weighted by Gasteiger charge is -2.49. The third kappa shape index (κ3) is 4.06. The standard InChI is InChI=1S/C15H16N6O7S2/c1-5(22)28-3-6-4-29-13-8(12(24)21(13)9(6)14(25)26)17-11(23)7(19-27-2)10-18-15(16)30-20-10/h8,13H,3-4H2,1-2H3,(H,17,23)(H,25,26)(H2,16,18,20)/b19-7-/t8?,13-/m1/s1. The lowest BCUT2D eigenvalue weighted by atomic mass is 10.0. The van der Waals surface area contributed by atoms with E-state index in [0.29, 0.717) is 5.57 Å². The highest BCUT2D eigenvalue weighted by atomic mass is 32.2. The Kier molecular flexibility index (Phi) is 6.21. The second kappa shape index (κ2) is 8.66. The summed E-state index contributed by atoms with van der Waals surface area (Å²) in [5.74, 6) is -3.16. The van der Waals surface area contributed by atoms with E-state index in [1.807, 2.05) is 0 Å². The Hall–Kier alpha value is -3.20. The number of carboxylic acids is 1. The minimum Gasteiger partial charge on any atom is -0.477 e. The Morgan fingerprint density at radius 2 is 2.17 bits per heavy atom. The first-order chi connectivity index (χ1) is 14.2. The van der Waals surface area contributed by atoms with Gasteiger partial charge in [-0.2, -0.15) is 9.36 Å². The van der Waals surface area contributed by atoms with Crippen molar-refractivity contribution in [3.8, 4) is 0 Å². The van der Waals surface area contributed by atoms with Crippen LogP contribution in [0.3, 0.4) is 0 Å². The Balaban J connectivity index is 1.77. The van der Waals surface area contributed by atoms with Gasteiger partial charge in [-0.05, 0) is 0 Å². The predicted molar refractivity (Wildman–Crippen MR) is 104 cm³/mol. The van der Waals surface area contributed by atoms with E-state index in [2.05, 4.69) is 24.7 Å². The molecule has 2 aliphatic rings. The number of esters is 1. The molecule has 3 heterocycles. The van der Waals surface area contributed by atoms with Crippen LogP contribution in [0.4, 0.5) is 5.13 Å². The minimum absolute atomic E-state index is 0.0634. The minimum atomic E-state index is -1.33. The number of hydrogen-bond acceptors (Lipinski definition) is 12. The zero-order valence-electron chi connectivity index (χ0n) is 15.6. The normalized spacial score (nSPS) is 20.9. The summed E-state index contributed by atoms with van der Waals surface area (Å²) in [6.45, 7) is 0.961. The number of carboxylic acid groups (broad SMARTS) is 1. The van der Waals surface area contributed by atoms with Crippen molar-refractivity contribution in [2.75, 3.05) is 25.2 Å². The van der Waals surface area contributed by atoms with Gasteiger partial charge in [-0.25, -0.2) is 4.79 Å². The van der Waals surface area contributed by atoms with Crippen molar-refractivity contribution >= 4 is 57.9 Å². The molecule has 0 saturated carbocycles. The number of aliphatic carboxylic acids is 1. The third-order valence-corrected chi connectivity index (χ3v) is 5.92. The van der Waals surface area contributed by atoms with E-state index in [-0.39, 0.29) is 34.7 Å². The van der Waals surface area contributed by atoms with Crippen LogP contribution in [-0.4, -0.2) is 79.7 Å². The van der Waals surface area contributed by atoms with Crippen LogP contribution in [0, 0.1) is 0 Å². The number of aromatic nitrogens is 2. The van der Waals surface area contributed by atoms with Crippen LogP contribution in [0.1, 0.15) is 12.7 Å². The highest BCUT2D eigenvalue weighted by Crippen LogP contribution is 2.40. The van der Waals surface area contributed by atoms with Gasteiger partial charge in [0.1, 0.15) is 30.8 Å².